The van der Waals surface area contributed by atoms with Crippen LogP contribution in [-0.4, -0.2) is 33.9 Å². The first-order chi connectivity index (χ1) is 13.8. The molecular formula is C23H32N4O3. The molecule has 0 saturated heterocycles. The quantitative estimate of drug-likeness (QED) is 0.762. The van der Waals surface area contributed by atoms with E-state index >= 15 is 0 Å². The molecule has 30 heavy (non-hydrogen) atoms. The zero-order valence-electron chi connectivity index (χ0n) is 19.0. The van der Waals surface area contributed by atoms with Crippen molar-refractivity contribution in [2.24, 2.45) is 0 Å². The molecule has 162 valence electrons. The SMILES string of the molecule is Cc1cc(C(=O)Nc2ccc3c(c2)N(C(=O)OC(C)(C)C)CCC3)nn1C(C)(C)C. The molecule has 7 nitrogen and oxygen atoms in total. The van der Waals surface area contributed by atoms with Gasteiger partial charge in [0.1, 0.15) is 5.60 Å². The van der Waals surface area contributed by atoms with Crippen molar-refractivity contribution in [1.29, 1.82) is 0 Å². The van der Waals surface area contributed by atoms with Gasteiger partial charge in [0.15, 0.2) is 5.69 Å². The number of hydrogen-bond acceptors (Lipinski definition) is 4. The van der Waals surface area contributed by atoms with E-state index in [0.29, 0.717) is 17.9 Å². The minimum Gasteiger partial charge on any atom is -0.443 e. The van der Waals surface area contributed by atoms with E-state index in [1.165, 1.54) is 0 Å². The summed E-state index contributed by atoms with van der Waals surface area (Å²) in [5.41, 5.74) is 2.99. The third-order valence-electron chi connectivity index (χ3n) is 4.83. The first kappa shape index (κ1) is 21.9. The molecule has 0 bridgehead atoms. The molecule has 0 aliphatic carbocycles. The van der Waals surface area contributed by atoms with Crippen LogP contribution in [0.3, 0.4) is 0 Å². The summed E-state index contributed by atoms with van der Waals surface area (Å²) in [7, 11) is 0. The molecule has 0 fully saturated rings. The number of carbonyl (C=O) groups is 2. The Hall–Kier alpha value is -2.83. The van der Waals surface area contributed by atoms with E-state index in [0.717, 1.165) is 29.8 Å². The van der Waals surface area contributed by atoms with Crippen molar-refractivity contribution in [2.45, 2.75) is 72.4 Å². The standard InChI is InChI=1S/C23H32N4O3/c1-15-13-18(25-27(15)22(2,3)4)20(28)24-17-11-10-16-9-8-12-26(19(16)14-17)21(29)30-23(5,6)7/h10-11,13-14H,8-9,12H2,1-7H3,(H,24,28). The smallest absolute Gasteiger partial charge is 0.414 e. The van der Waals surface area contributed by atoms with Crippen LogP contribution in [0.2, 0.25) is 0 Å². The van der Waals surface area contributed by atoms with Gasteiger partial charge in [-0.25, -0.2) is 4.79 Å². The molecule has 0 radical (unpaired) electrons. The topological polar surface area (TPSA) is 76.5 Å². The lowest BCUT2D eigenvalue weighted by atomic mass is 10.0. The maximum atomic E-state index is 12.8. The lowest BCUT2D eigenvalue weighted by molar-refractivity contribution is 0.0577. The first-order valence-corrected chi connectivity index (χ1v) is 10.4. The molecule has 1 aliphatic heterocycles. The van der Waals surface area contributed by atoms with Gasteiger partial charge in [0.2, 0.25) is 0 Å². The van der Waals surface area contributed by atoms with Crippen LogP contribution in [0.25, 0.3) is 0 Å². The highest BCUT2D eigenvalue weighted by Gasteiger charge is 2.28. The van der Waals surface area contributed by atoms with Crippen molar-refractivity contribution in [2.75, 3.05) is 16.8 Å². The molecule has 0 saturated carbocycles. The molecule has 2 aromatic rings. The predicted octanol–water partition coefficient (Wildman–Crippen LogP) is 4.89. The summed E-state index contributed by atoms with van der Waals surface area (Å²) in [5.74, 6) is -0.277. The minimum absolute atomic E-state index is 0.206. The Morgan fingerprint density at radius 2 is 1.80 bits per heavy atom. The largest absolute Gasteiger partial charge is 0.443 e. The zero-order valence-corrected chi connectivity index (χ0v) is 19.0. The van der Waals surface area contributed by atoms with E-state index in [9.17, 15) is 9.59 Å². The number of hydrogen-bond donors (Lipinski definition) is 1. The van der Waals surface area contributed by atoms with Gasteiger partial charge in [-0.1, -0.05) is 6.07 Å². The number of rotatable bonds is 2. The molecule has 0 atom stereocenters. The van der Waals surface area contributed by atoms with Crippen molar-refractivity contribution in [3.63, 3.8) is 0 Å². The summed E-state index contributed by atoms with van der Waals surface area (Å²) in [6, 6.07) is 7.44. The lowest BCUT2D eigenvalue weighted by Gasteiger charge is -2.32. The Morgan fingerprint density at radius 3 is 2.40 bits per heavy atom. The van der Waals surface area contributed by atoms with Gasteiger partial charge < -0.3 is 10.1 Å². The summed E-state index contributed by atoms with van der Waals surface area (Å²) in [4.78, 5) is 27.1. The van der Waals surface area contributed by atoms with Gasteiger partial charge >= 0.3 is 6.09 Å². The number of carbonyl (C=O) groups excluding carboxylic acids is 2. The normalized spacial score (nSPS) is 14.3. The van der Waals surface area contributed by atoms with Gasteiger partial charge in [0, 0.05) is 17.9 Å². The highest BCUT2D eigenvalue weighted by molar-refractivity contribution is 6.03. The number of benzene rings is 1. The summed E-state index contributed by atoms with van der Waals surface area (Å²) in [6.45, 7) is 14.2. The number of amides is 2. The number of aromatic nitrogens is 2. The number of nitrogens with zero attached hydrogens (tertiary/aromatic N) is 3. The van der Waals surface area contributed by atoms with Crippen LogP contribution in [-0.2, 0) is 16.7 Å². The van der Waals surface area contributed by atoms with E-state index in [4.69, 9.17) is 4.74 Å². The number of anilines is 2. The van der Waals surface area contributed by atoms with Gasteiger partial charge in [-0.3, -0.25) is 14.4 Å². The van der Waals surface area contributed by atoms with E-state index in [2.05, 4.69) is 10.4 Å². The molecule has 7 heteroatoms. The molecule has 0 unspecified atom stereocenters. The molecule has 1 N–H and O–H groups in total. The van der Waals surface area contributed by atoms with Crippen LogP contribution < -0.4 is 10.2 Å². The number of nitrogens with one attached hydrogen (secondary N) is 1. The Labute approximate surface area is 178 Å². The van der Waals surface area contributed by atoms with Gasteiger partial charge in [0.25, 0.3) is 5.91 Å². The molecular weight excluding hydrogens is 380 g/mol. The summed E-state index contributed by atoms with van der Waals surface area (Å²) in [5, 5.41) is 7.38. The van der Waals surface area contributed by atoms with Crippen LogP contribution in [0, 0.1) is 6.92 Å². The Bertz CT molecular complexity index is 964. The fourth-order valence-electron chi connectivity index (χ4n) is 3.62. The number of ether oxygens (including phenoxy) is 1. The summed E-state index contributed by atoms with van der Waals surface area (Å²) in [6.07, 6.45) is 1.39. The summed E-state index contributed by atoms with van der Waals surface area (Å²) < 4.78 is 7.41. The van der Waals surface area contributed by atoms with E-state index in [1.54, 1.807) is 11.0 Å². The van der Waals surface area contributed by atoms with Crippen LogP contribution >= 0.6 is 0 Å². The van der Waals surface area contributed by atoms with Crippen LogP contribution in [0.15, 0.2) is 24.3 Å². The second-order valence-electron chi connectivity index (χ2n) is 9.79. The Kier molecular flexibility index (Phi) is 5.67. The van der Waals surface area contributed by atoms with E-state index in [-0.39, 0.29) is 17.5 Å². The fourth-order valence-corrected chi connectivity index (χ4v) is 3.62. The van der Waals surface area contributed by atoms with Gasteiger partial charge in [-0.05, 0) is 85.1 Å². The maximum absolute atomic E-state index is 12.8. The molecule has 2 amide bonds. The minimum atomic E-state index is -0.565. The van der Waals surface area contributed by atoms with Crippen LogP contribution in [0.5, 0.6) is 0 Å². The van der Waals surface area contributed by atoms with Crippen molar-refractivity contribution in [3.8, 4) is 0 Å². The third-order valence-corrected chi connectivity index (χ3v) is 4.83. The number of aryl methyl sites for hydroxylation is 2. The molecule has 1 aliphatic rings. The van der Waals surface area contributed by atoms with Gasteiger partial charge in [-0.2, -0.15) is 5.10 Å². The van der Waals surface area contributed by atoms with Crippen LogP contribution in [0.1, 0.15) is 69.7 Å². The second kappa shape index (κ2) is 7.78. The monoisotopic (exact) mass is 412 g/mol. The first-order valence-electron chi connectivity index (χ1n) is 10.4. The number of fused-ring (bicyclic) bond motifs is 1. The van der Waals surface area contributed by atoms with Crippen molar-refractivity contribution in [3.05, 3.63) is 41.2 Å². The van der Waals surface area contributed by atoms with Crippen molar-refractivity contribution in [1.82, 2.24) is 9.78 Å². The Morgan fingerprint density at radius 1 is 1.10 bits per heavy atom. The van der Waals surface area contributed by atoms with Gasteiger partial charge in [-0.15, -0.1) is 0 Å². The lowest BCUT2D eigenvalue weighted by Crippen LogP contribution is -2.39. The highest BCUT2D eigenvalue weighted by atomic mass is 16.6. The predicted molar refractivity (Wildman–Crippen MR) is 118 cm³/mol. The zero-order chi connectivity index (χ0) is 22.3. The van der Waals surface area contributed by atoms with Crippen molar-refractivity contribution >= 4 is 23.4 Å². The average molecular weight is 413 g/mol. The van der Waals surface area contributed by atoms with E-state index < -0.39 is 5.60 Å². The van der Waals surface area contributed by atoms with E-state index in [1.807, 2.05) is 71.3 Å². The Balaban J connectivity index is 1.83. The highest BCUT2D eigenvalue weighted by Crippen LogP contribution is 2.31. The van der Waals surface area contributed by atoms with Crippen molar-refractivity contribution < 1.29 is 14.3 Å². The second-order valence-corrected chi connectivity index (χ2v) is 9.79. The molecule has 1 aromatic heterocycles. The summed E-state index contributed by atoms with van der Waals surface area (Å²) >= 11 is 0. The fraction of sp³-hybridized carbons (Fsp3) is 0.522. The third kappa shape index (κ3) is 4.83. The maximum Gasteiger partial charge on any atom is 0.414 e. The molecule has 2 heterocycles. The molecule has 0 spiro atoms. The average Bonchev–Trinajstić information content (AvgIpc) is 3.02. The molecule has 3 rings (SSSR count). The van der Waals surface area contributed by atoms with Gasteiger partial charge in [0.05, 0.1) is 11.2 Å². The van der Waals surface area contributed by atoms with Crippen LogP contribution in [0.4, 0.5) is 16.2 Å². The molecule has 1 aromatic carbocycles.